The van der Waals surface area contributed by atoms with Crippen molar-refractivity contribution in [2.45, 2.75) is 16.2 Å². The van der Waals surface area contributed by atoms with Gasteiger partial charge in [-0.2, -0.15) is 0 Å². The number of nitrogens with zero attached hydrogens (tertiary/aromatic N) is 2. The Morgan fingerprint density at radius 3 is 2.62 bits per heavy atom. The zero-order chi connectivity index (χ0) is 17.1. The van der Waals surface area contributed by atoms with E-state index in [2.05, 4.69) is 4.98 Å². The summed E-state index contributed by atoms with van der Waals surface area (Å²) in [6.07, 6.45) is 0. The Balaban J connectivity index is 1.90. The van der Waals surface area contributed by atoms with Gasteiger partial charge in [-0.3, -0.25) is 14.9 Å². The SMILES string of the molecule is CC(=O)c1ccc(Sc2nc(-c3ccccc3)cs2)c([N+](=O)[O-])c1. The van der Waals surface area contributed by atoms with Crippen molar-refractivity contribution in [3.8, 4) is 11.3 Å². The zero-order valence-corrected chi connectivity index (χ0v) is 14.3. The maximum Gasteiger partial charge on any atom is 0.284 e. The summed E-state index contributed by atoms with van der Waals surface area (Å²) in [6.45, 7) is 1.39. The molecule has 0 atom stereocenters. The van der Waals surface area contributed by atoms with Gasteiger partial charge in [0.1, 0.15) is 0 Å². The molecule has 5 nitrogen and oxygen atoms in total. The van der Waals surface area contributed by atoms with E-state index in [1.165, 1.54) is 36.1 Å². The molecule has 0 aliphatic carbocycles. The highest BCUT2D eigenvalue weighted by Gasteiger charge is 2.18. The molecule has 0 saturated heterocycles. The molecule has 0 amide bonds. The molecule has 3 rings (SSSR count). The Labute approximate surface area is 146 Å². The van der Waals surface area contributed by atoms with Crippen molar-refractivity contribution in [3.63, 3.8) is 0 Å². The van der Waals surface area contributed by atoms with E-state index in [1.807, 2.05) is 35.7 Å². The van der Waals surface area contributed by atoms with Gasteiger partial charge in [-0.15, -0.1) is 11.3 Å². The number of benzene rings is 2. The average molecular weight is 356 g/mol. The van der Waals surface area contributed by atoms with E-state index >= 15 is 0 Å². The number of nitro benzene ring substituents is 1. The fourth-order valence-electron chi connectivity index (χ4n) is 2.11. The summed E-state index contributed by atoms with van der Waals surface area (Å²) in [5.41, 5.74) is 2.09. The lowest BCUT2D eigenvalue weighted by molar-refractivity contribution is -0.387. The van der Waals surface area contributed by atoms with Gasteiger partial charge in [-0.1, -0.05) is 42.1 Å². The van der Waals surface area contributed by atoms with Gasteiger partial charge >= 0.3 is 0 Å². The van der Waals surface area contributed by atoms with Crippen molar-refractivity contribution in [1.29, 1.82) is 0 Å². The molecular formula is C17H12N2O3S2. The minimum Gasteiger partial charge on any atom is -0.295 e. The van der Waals surface area contributed by atoms with Crippen LogP contribution in [0.1, 0.15) is 17.3 Å². The van der Waals surface area contributed by atoms with Crippen molar-refractivity contribution in [2.75, 3.05) is 0 Å². The Morgan fingerprint density at radius 1 is 1.21 bits per heavy atom. The van der Waals surface area contributed by atoms with Crippen LogP contribution < -0.4 is 0 Å². The Morgan fingerprint density at radius 2 is 1.96 bits per heavy atom. The first-order chi connectivity index (χ1) is 11.5. The van der Waals surface area contributed by atoms with Crippen molar-refractivity contribution in [3.05, 3.63) is 69.6 Å². The molecule has 0 radical (unpaired) electrons. The molecule has 120 valence electrons. The Kier molecular flexibility index (Phi) is 4.73. The van der Waals surface area contributed by atoms with Gasteiger partial charge in [-0.05, 0) is 19.1 Å². The summed E-state index contributed by atoms with van der Waals surface area (Å²) in [5.74, 6) is -0.199. The zero-order valence-electron chi connectivity index (χ0n) is 12.6. The monoisotopic (exact) mass is 356 g/mol. The second-order valence-electron chi connectivity index (χ2n) is 4.96. The third-order valence-electron chi connectivity index (χ3n) is 3.31. The molecule has 0 bridgehead atoms. The molecule has 2 aromatic carbocycles. The van der Waals surface area contributed by atoms with Gasteiger partial charge in [-0.25, -0.2) is 4.98 Å². The predicted molar refractivity (Wildman–Crippen MR) is 94.8 cm³/mol. The molecule has 0 aliphatic heterocycles. The van der Waals surface area contributed by atoms with E-state index < -0.39 is 4.92 Å². The summed E-state index contributed by atoms with van der Waals surface area (Å²) < 4.78 is 0.715. The van der Waals surface area contributed by atoms with Crippen LogP contribution in [-0.2, 0) is 0 Å². The number of aromatic nitrogens is 1. The maximum absolute atomic E-state index is 11.4. The second kappa shape index (κ2) is 6.94. The van der Waals surface area contributed by atoms with E-state index in [4.69, 9.17) is 0 Å². The maximum atomic E-state index is 11.4. The molecule has 0 aliphatic rings. The molecule has 7 heteroatoms. The van der Waals surface area contributed by atoms with Crippen LogP contribution in [0.2, 0.25) is 0 Å². The van der Waals surface area contributed by atoms with Crippen molar-refractivity contribution in [2.24, 2.45) is 0 Å². The largest absolute Gasteiger partial charge is 0.295 e. The predicted octanol–water partition coefficient (Wildman–Crippen LogP) is 5.07. The molecule has 0 saturated carbocycles. The minimum absolute atomic E-state index is 0.0795. The number of Topliss-reactive ketones (excluding diaryl/α,β-unsaturated/α-hetero) is 1. The van der Waals surface area contributed by atoms with Gasteiger partial charge in [0.2, 0.25) is 0 Å². The van der Waals surface area contributed by atoms with E-state index in [9.17, 15) is 14.9 Å². The number of thiazole rings is 1. The molecule has 0 N–H and O–H groups in total. The van der Waals surface area contributed by atoms with Crippen LogP contribution in [0.25, 0.3) is 11.3 Å². The minimum atomic E-state index is -0.472. The first kappa shape index (κ1) is 16.4. The normalized spacial score (nSPS) is 10.5. The van der Waals surface area contributed by atoms with Crippen LogP contribution in [0.15, 0.2) is 63.1 Å². The summed E-state index contributed by atoms with van der Waals surface area (Å²) in [6, 6.07) is 14.3. The fourth-order valence-corrected chi connectivity index (χ4v) is 3.97. The van der Waals surface area contributed by atoms with Crippen molar-refractivity contribution >= 4 is 34.6 Å². The topological polar surface area (TPSA) is 73.1 Å². The highest BCUT2D eigenvalue weighted by atomic mass is 32.2. The van der Waals surface area contributed by atoms with Crippen LogP contribution in [0.5, 0.6) is 0 Å². The first-order valence-corrected chi connectivity index (χ1v) is 8.72. The van der Waals surface area contributed by atoms with E-state index in [-0.39, 0.29) is 11.5 Å². The molecule has 1 heterocycles. The van der Waals surface area contributed by atoms with Gasteiger partial charge in [0.05, 0.1) is 15.5 Å². The summed E-state index contributed by atoms with van der Waals surface area (Å²) in [7, 11) is 0. The van der Waals surface area contributed by atoms with Crippen LogP contribution in [0.3, 0.4) is 0 Å². The molecule has 0 spiro atoms. The molecular weight excluding hydrogens is 344 g/mol. The van der Waals surface area contributed by atoms with E-state index in [0.717, 1.165) is 11.3 Å². The standard InChI is InChI=1S/C17H12N2O3S2/c1-11(20)13-7-8-16(15(9-13)19(21)22)24-17-18-14(10-23-17)12-5-3-2-4-6-12/h2-10H,1H3. The first-order valence-electron chi connectivity index (χ1n) is 7.03. The summed E-state index contributed by atoms with van der Waals surface area (Å²) >= 11 is 2.67. The highest BCUT2D eigenvalue weighted by Crippen LogP contribution is 2.38. The number of carbonyl (C=O) groups excluding carboxylic acids is 1. The summed E-state index contributed by atoms with van der Waals surface area (Å²) in [4.78, 5) is 27.2. The Bertz CT molecular complexity index is 907. The smallest absolute Gasteiger partial charge is 0.284 e. The third-order valence-corrected chi connectivity index (χ3v) is 5.32. The molecule has 24 heavy (non-hydrogen) atoms. The third kappa shape index (κ3) is 3.52. The van der Waals surface area contributed by atoms with Gasteiger partial charge in [0.25, 0.3) is 5.69 Å². The van der Waals surface area contributed by atoms with Gasteiger partial charge < -0.3 is 0 Å². The Hall–Kier alpha value is -2.51. The number of hydrogen-bond donors (Lipinski definition) is 0. The number of nitro groups is 1. The molecule has 0 unspecified atom stereocenters. The second-order valence-corrected chi connectivity index (χ2v) is 7.11. The fraction of sp³-hybridized carbons (Fsp3) is 0.0588. The molecule has 3 aromatic rings. The number of ketones is 1. The van der Waals surface area contributed by atoms with Crippen LogP contribution in [0.4, 0.5) is 5.69 Å². The quantitative estimate of drug-likeness (QED) is 0.362. The van der Waals surface area contributed by atoms with Gasteiger partial charge in [0.15, 0.2) is 10.1 Å². The molecule has 1 aromatic heterocycles. The highest BCUT2D eigenvalue weighted by molar-refractivity contribution is 8.01. The van der Waals surface area contributed by atoms with Crippen LogP contribution in [-0.4, -0.2) is 15.7 Å². The van der Waals surface area contributed by atoms with Crippen LogP contribution in [0, 0.1) is 10.1 Å². The van der Waals surface area contributed by atoms with E-state index in [0.29, 0.717) is 14.8 Å². The summed E-state index contributed by atoms with van der Waals surface area (Å²) in [5, 5.41) is 13.2. The van der Waals surface area contributed by atoms with Crippen LogP contribution >= 0.6 is 23.1 Å². The molecule has 0 fully saturated rings. The van der Waals surface area contributed by atoms with E-state index in [1.54, 1.807) is 12.1 Å². The number of hydrogen-bond acceptors (Lipinski definition) is 6. The lowest BCUT2D eigenvalue weighted by atomic mass is 10.1. The number of carbonyl (C=O) groups is 1. The average Bonchev–Trinajstić information content (AvgIpc) is 3.04. The lowest BCUT2D eigenvalue weighted by Crippen LogP contribution is -1.96. The van der Waals surface area contributed by atoms with Crippen molar-refractivity contribution < 1.29 is 9.72 Å². The number of rotatable bonds is 5. The van der Waals surface area contributed by atoms with Crippen molar-refractivity contribution in [1.82, 2.24) is 4.98 Å². The lowest BCUT2D eigenvalue weighted by Gasteiger charge is -2.02. The van der Waals surface area contributed by atoms with Gasteiger partial charge in [0, 0.05) is 22.6 Å².